The van der Waals surface area contributed by atoms with Crippen LogP contribution in [0, 0.1) is 6.92 Å². The van der Waals surface area contributed by atoms with Crippen LogP contribution in [-0.2, 0) is 13.5 Å². The van der Waals surface area contributed by atoms with Gasteiger partial charge < -0.3 is 5.32 Å². The van der Waals surface area contributed by atoms with Crippen LogP contribution >= 0.6 is 23.4 Å². The lowest BCUT2D eigenvalue weighted by Gasteiger charge is -2.24. The Morgan fingerprint density at radius 1 is 1.40 bits per heavy atom. The summed E-state index contributed by atoms with van der Waals surface area (Å²) in [5.74, 6) is 1.16. The van der Waals surface area contributed by atoms with E-state index in [-0.39, 0.29) is 0 Å². The Hall–Kier alpha value is -0.190. The number of aryl methyl sites for hydroxylation is 2. The van der Waals surface area contributed by atoms with Gasteiger partial charge in [-0.05, 0) is 33.2 Å². The Labute approximate surface area is 131 Å². The van der Waals surface area contributed by atoms with E-state index in [0.29, 0.717) is 6.04 Å². The minimum Gasteiger partial charge on any atom is -0.316 e. The van der Waals surface area contributed by atoms with Crippen LogP contribution < -0.4 is 5.32 Å². The third kappa shape index (κ3) is 4.15. The normalized spacial score (nSPS) is 18.4. The summed E-state index contributed by atoms with van der Waals surface area (Å²) >= 11 is 8.46. The fraction of sp³-hybridized carbons (Fsp3) is 0.800. The maximum Gasteiger partial charge on any atom is 0.130 e. The van der Waals surface area contributed by atoms with Gasteiger partial charge in [-0.3, -0.25) is 4.68 Å². The van der Waals surface area contributed by atoms with E-state index in [2.05, 4.69) is 22.2 Å². The number of thioether (sulfide) groups is 1. The summed E-state index contributed by atoms with van der Waals surface area (Å²) in [6.45, 7) is 2.04. The molecule has 1 fully saturated rings. The van der Waals surface area contributed by atoms with Gasteiger partial charge in [0, 0.05) is 29.7 Å². The SMILES string of the molecule is CNC(CSC1CCCCC1)Cc1c(C)nn(C)c1Cl. The van der Waals surface area contributed by atoms with Gasteiger partial charge in [0.15, 0.2) is 0 Å². The summed E-state index contributed by atoms with van der Waals surface area (Å²) in [6, 6.07) is 0.474. The second-order valence-electron chi connectivity index (χ2n) is 5.76. The first-order chi connectivity index (χ1) is 9.61. The molecule has 1 saturated carbocycles. The molecule has 1 aliphatic carbocycles. The van der Waals surface area contributed by atoms with Crippen LogP contribution in [0.4, 0.5) is 0 Å². The predicted octanol–water partition coefficient (Wildman–Crippen LogP) is 3.58. The molecule has 1 unspecified atom stereocenters. The van der Waals surface area contributed by atoms with Gasteiger partial charge in [0.1, 0.15) is 5.15 Å². The second-order valence-corrected chi connectivity index (χ2v) is 7.45. The Kier molecular flexibility index (Phi) is 6.24. The van der Waals surface area contributed by atoms with E-state index in [1.807, 2.05) is 21.0 Å². The van der Waals surface area contributed by atoms with Crippen molar-refractivity contribution in [3.63, 3.8) is 0 Å². The summed E-state index contributed by atoms with van der Waals surface area (Å²) in [5.41, 5.74) is 2.25. The third-order valence-corrected chi connectivity index (χ3v) is 6.22. The summed E-state index contributed by atoms with van der Waals surface area (Å²) in [7, 11) is 3.95. The van der Waals surface area contributed by atoms with Gasteiger partial charge in [-0.1, -0.05) is 30.9 Å². The first kappa shape index (κ1) is 16.2. The molecule has 1 atom stereocenters. The summed E-state index contributed by atoms with van der Waals surface area (Å²) < 4.78 is 1.77. The number of rotatable bonds is 6. The average molecular weight is 316 g/mol. The zero-order chi connectivity index (χ0) is 14.5. The molecule has 20 heavy (non-hydrogen) atoms. The second kappa shape index (κ2) is 7.71. The number of hydrogen-bond donors (Lipinski definition) is 1. The molecule has 0 amide bonds. The number of halogens is 1. The zero-order valence-electron chi connectivity index (χ0n) is 12.8. The quantitative estimate of drug-likeness (QED) is 0.870. The largest absolute Gasteiger partial charge is 0.316 e. The van der Waals surface area contributed by atoms with Gasteiger partial charge in [0.05, 0.1) is 5.69 Å². The lowest BCUT2D eigenvalue weighted by atomic mass is 10.0. The average Bonchev–Trinajstić information content (AvgIpc) is 2.70. The van der Waals surface area contributed by atoms with Crippen LogP contribution in [0.1, 0.15) is 43.4 Å². The number of aromatic nitrogens is 2. The Bertz CT molecular complexity index is 427. The minimum atomic E-state index is 0.474. The molecule has 1 N–H and O–H groups in total. The Morgan fingerprint density at radius 2 is 2.10 bits per heavy atom. The van der Waals surface area contributed by atoms with Crippen LogP contribution in [0.25, 0.3) is 0 Å². The van der Waals surface area contributed by atoms with Gasteiger partial charge in [-0.15, -0.1) is 0 Å². The Morgan fingerprint density at radius 3 is 2.65 bits per heavy atom. The van der Waals surface area contributed by atoms with Gasteiger partial charge >= 0.3 is 0 Å². The lowest BCUT2D eigenvalue weighted by molar-refractivity contribution is 0.514. The van der Waals surface area contributed by atoms with E-state index >= 15 is 0 Å². The molecule has 1 heterocycles. The van der Waals surface area contributed by atoms with Crippen molar-refractivity contribution in [2.24, 2.45) is 7.05 Å². The van der Waals surface area contributed by atoms with Gasteiger partial charge in [-0.2, -0.15) is 16.9 Å². The van der Waals surface area contributed by atoms with Crippen molar-refractivity contribution in [3.05, 3.63) is 16.4 Å². The van der Waals surface area contributed by atoms with Crippen molar-refractivity contribution < 1.29 is 0 Å². The van der Waals surface area contributed by atoms with Crippen LogP contribution in [0.5, 0.6) is 0 Å². The summed E-state index contributed by atoms with van der Waals surface area (Å²) in [6.07, 6.45) is 8.01. The lowest BCUT2D eigenvalue weighted by Crippen LogP contribution is -2.31. The Balaban J connectivity index is 1.88. The van der Waals surface area contributed by atoms with Crippen LogP contribution in [0.15, 0.2) is 0 Å². The van der Waals surface area contributed by atoms with Crippen LogP contribution in [-0.4, -0.2) is 33.9 Å². The maximum atomic E-state index is 6.33. The van der Waals surface area contributed by atoms with Gasteiger partial charge in [0.25, 0.3) is 0 Å². The molecule has 0 spiro atoms. The highest BCUT2D eigenvalue weighted by Gasteiger charge is 2.19. The van der Waals surface area contributed by atoms with E-state index in [1.54, 1.807) is 4.68 Å². The highest BCUT2D eigenvalue weighted by molar-refractivity contribution is 7.99. The van der Waals surface area contributed by atoms with E-state index < -0.39 is 0 Å². The minimum absolute atomic E-state index is 0.474. The van der Waals surface area contributed by atoms with E-state index in [1.165, 1.54) is 37.7 Å². The topological polar surface area (TPSA) is 29.9 Å². The summed E-state index contributed by atoms with van der Waals surface area (Å²) in [5, 5.41) is 9.48. The molecule has 2 rings (SSSR count). The number of likely N-dealkylation sites (N-methyl/N-ethyl adjacent to an activating group) is 1. The van der Waals surface area contributed by atoms with Crippen molar-refractivity contribution in [1.29, 1.82) is 0 Å². The molecule has 114 valence electrons. The summed E-state index contributed by atoms with van der Waals surface area (Å²) in [4.78, 5) is 0. The molecule has 1 aromatic rings. The molecular weight excluding hydrogens is 290 g/mol. The molecule has 0 saturated heterocycles. The fourth-order valence-electron chi connectivity index (χ4n) is 2.88. The van der Waals surface area contributed by atoms with Crippen LogP contribution in [0.3, 0.4) is 0 Å². The maximum absolute atomic E-state index is 6.33. The zero-order valence-corrected chi connectivity index (χ0v) is 14.4. The van der Waals surface area contributed by atoms with Gasteiger partial charge in [0.2, 0.25) is 0 Å². The van der Waals surface area contributed by atoms with Crippen molar-refractivity contribution in [2.45, 2.75) is 56.7 Å². The standard InChI is InChI=1S/C15H26ClN3S/c1-11-14(15(16)19(3)18-11)9-12(17-2)10-20-13-7-5-4-6-8-13/h12-13,17H,4-10H2,1-3H3. The molecule has 1 aliphatic rings. The van der Waals surface area contributed by atoms with Crippen molar-refractivity contribution in [3.8, 4) is 0 Å². The van der Waals surface area contributed by atoms with Crippen molar-refractivity contribution in [2.75, 3.05) is 12.8 Å². The monoisotopic (exact) mass is 315 g/mol. The fourth-order valence-corrected chi connectivity index (χ4v) is 4.59. The van der Waals surface area contributed by atoms with Gasteiger partial charge in [-0.25, -0.2) is 0 Å². The van der Waals surface area contributed by atoms with Crippen LogP contribution in [0.2, 0.25) is 5.15 Å². The molecular formula is C15H26ClN3S. The highest BCUT2D eigenvalue weighted by atomic mass is 35.5. The molecule has 0 bridgehead atoms. The smallest absolute Gasteiger partial charge is 0.130 e. The molecule has 0 aromatic carbocycles. The molecule has 0 radical (unpaired) electrons. The molecule has 0 aliphatic heterocycles. The van der Waals surface area contributed by atoms with E-state index in [4.69, 9.17) is 11.6 Å². The molecule has 1 aromatic heterocycles. The molecule has 5 heteroatoms. The third-order valence-electron chi connectivity index (χ3n) is 4.21. The first-order valence-corrected chi connectivity index (χ1v) is 9.01. The highest BCUT2D eigenvalue weighted by Crippen LogP contribution is 2.29. The number of nitrogens with one attached hydrogen (secondary N) is 1. The van der Waals surface area contributed by atoms with Crippen molar-refractivity contribution in [1.82, 2.24) is 15.1 Å². The number of hydrogen-bond acceptors (Lipinski definition) is 3. The number of nitrogens with zero attached hydrogens (tertiary/aromatic N) is 2. The van der Waals surface area contributed by atoms with E-state index in [0.717, 1.165) is 28.3 Å². The predicted molar refractivity (Wildman–Crippen MR) is 88.8 cm³/mol. The molecule has 3 nitrogen and oxygen atoms in total. The first-order valence-electron chi connectivity index (χ1n) is 7.58. The van der Waals surface area contributed by atoms with E-state index in [9.17, 15) is 0 Å². The van der Waals surface area contributed by atoms with Crippen molar-refractivity contribution >= 4 is 23.4 Å².